The number of carbonyl (C=O) groups excluding carboxylic acids is 1. The van der Waals surface area contributed by atoms with E-state index < -0.39 is 0 Å². The number of carbonyl (C=O) groups is 1. The van der Waals surface area contributed by atoms with E-state index in [-0.39, 0.29) is 11.2 Å². The lowest BCUT2D eigenvalue weighted by atomic mass is 10.1. The predicted octanol–water partition coefficient (Wildman–Crippen LogP) is 3.20. The molecule has 1 aromatic carbocycles. The van der Waals surface area contributed by atoms with Crippen LogP contribution >= 0.6 is 11.8 Å². The lowest BCUT2D eigenvalue weighted by Crippen LogP contribution is -2.24. The van der Waals surface area contributed by atoms with Gasteiger partial charge in [-0.2, -0.15) is 0 Å². The van der Waals surface area contributed by atoms with E-state index in [0.717, 1.165) is 16.9 Å². The SMILES string of the molecule is COc1ccccc1C(C)SCC(=O)NCc1cccnc1. The van der Waals surface area contributed by atoms with Crippen LogP contribution in [-0.4, -0.2) is 23.8 Å². The normalized spacial score (nSPS) is 11.7. The smallest absolute Gasteiger partial charge is 0.230 e. The van der Waals surface area contributed by atoms with Gasteiger partial charge in [0.25, 0.3) is 0 Å². The highest BCUT2D eigenvalue weighted by Crippen LogP contribution is 2.34. The second-order valence-electron chi connectivity index (χ2n) is 4.83. The van der Waals surface area contributed by atoms with Crippen LogP contribution in [0.15, 0.2) is 48.8 Å². The number of thioether (sulfide) groups is 1. The number of pyridine rings is 1. The van der Waals surface area contributed by atoms with Crippen LogP contribution in [0.25, 0.3) is 0 Å². The van der Waals surface area contributed by atoms with Crippen LogP contribution in [0.1, 0.15) is 23.3 Å². The van der Waals surface area contributed by atoms with Gasteiger partial charge in [-0.1, -0.05) is 24.3 Å². The van der Waals surface area contributed by atoms with Crippen LogP contribution in [0.4, 0.5) is 0 Å². The van der Waals surface area contributed by atoms with E-state index in [1.807, 2.05) is 36.4 Å². The summed E-state index contributed by atoms with van der Waals surface area (Å²) >= 11 is 1.59. The number of nitrogens with zero attached hydrogens (tertiary/aromatic N) is 1. The fourth-order valence-electron chi connectivity index (χ4n) is 2.05. The summed E-state index contributed by atoms with van der Waals surface area (Å²) in [5, 5.41) is 3.10. The van der Waals surface area contributed by atoms with Crippen molar-refractivity contribution in [2.45, 2.75) is 18.7 Å². The maximum atomic E-state index is 11.9. The molecule has 1 amide bonds. The third kappa shape index (κ3) is 4.77. The van der Waals surface area contributed by atoms with Gasteiger partial charge in [-0.15, -0.1) is 11.8 Å². The highest BCUT2D eigenvalue weighted by Gasteiger charge is 2.13. The zero-order chi connectivity index (χ0) is 15.8. The Morgan fingerprint density at radius 3 is 2.86 bits per heavy atom. The molecule has 0 aliphatic rings. The number of amides is 1. The first-order chi connectivity index (χ1) is 10.7. The van der Waals surface area contributed by atoms with Gasteiger partial charge in [0.05, 0.1) is 12.9 Å². The van der Waals surface area contributed by atoms with Gasteiger partial charge < -0.3 is 10.1 Å². The monoisotopic (exact) mass is 316 g/mol. The Hall–Kier alpha value is -2.01. The van der Waals surface area contributed by atoms with E-state index in [0.29, 0.717) is 12.3 Å². The Labute approximate surface area is 135 Å². The fraction of sp³-hybridized carbons (Fsp3) is 0.294. The number of ether oxygens (including phenoxy) is 1. The van der Waals surface area contributed by atoms with Crippen LogP contribution in [0, 0.1) is 0 Å². The summed E-state index contributed by atoms with van der Waals surface area (Å²) in [7, 11) is 1.66. The maximum Gasteiger partial charge on any atom is 0.230 e. The molecule has 0 saturated heterocycles. The van der Waals surface area contributed by atoms with E-state index in [9.17, 15) is 4.79 Å². The van der Waals surface area contributed by atoms with Crippen molar-refractivity contribution in [3.05, 3.63) is 59.9 Å². The van der Waals surface area contributed by atoms with Crippen molar-refractivity contribution < 1.29 is 9.53 Å². The van der Waals surface area contributed by atoms with Crippen molar-refractivity contribution in [1.82, 2.24) is 10.3 Å². The highest BCUT2D eigenvalue weighted by molar-refractivity contribution is 8.00. The van der Waals surface area contributed by atoms with E-state index >= 15 is 0 Å². The molecule has 116 valence electrons. The number of nitrogens with one attached hydrogen (secondary N) is 1. The number of methoxy groups -OCH3 is 1. The molecule has 1 unspecified atom stereocenters. The molecule has 0 bridgehead atoms. The molecule has 2 rings (SSSR count). The third-order valence-electron chi connectivity index (χ3n) is 3.25. The minimum Gasteiger partial charge on any atom is -0.496 e. The van der Waals surface area contributed by atoms with Crippen molar-refractivity contribution in [3.63, 3.8) is 0 Å². The van der Waals surface area contributed by atoms with Crippen LogP contribution in [-0.2, 0) is 11.3 Å². The van der Waals surface area contributed by atoms with Gasteiger partial charge in [0.2, 0.25) is 5.91 Å². The first-order valence-electron chi connectivity index (χ1n) is 7.11. The van der Waals surface area contributed by atoms with Crippen LogP contribution in [0.3, 0.4) is 0 Å². The summed E-state index contributed by atoms with van der Waals surface area (Å²) in [6, 6.07) is 11.7. The predicted molar refractivity (Wildman–Crippen MR) is 90.0 cm³/mol. The largest absolute Gasteiger partial charge is 0.496 e. The lowest BCUT2D eigenvalue weighted by molar-refractivity contribution is -0.118. The Bertz CT molecular complexity index is 605. The van der Waals surface area contributed by atoms with Crippen LogP contribution in [0.5, 0.6) is 5.75 Å². The number of hydrogen-bond acceptors (Lipinski definition) is 4. The minimum absolute atomic E-state index is 0.0237. The van der Waals surface area contributed by atoms with Gasteiger partial charge >= 0.3 is 0 Å². The summed E-state index contributed by atoms with van der Waals surface area (Å²) in [5.74, 6) is 1.30. The number of para-hydroxylation sites is 1. The van der Waals surface area contributed by atoms with Gasteiger partial charge in [0.15, 0.2) is 0 Å². The summed E-state index contributed by atoms with van der Waals surface area (Å²) < 4.78 is 5.36. The molecule has 0 aliphatic heterocycles. The van der Waals surface area contributed by atoms with E-state index in [1.165, 1.54) is 0 Å². The second-order valence-corrected chi connectivity index (χ2v) is 6.16. The Morgan fingerprint density at radius 2 is 2.14 bits per heavy atom. The number of benzene rings is 1. The van der Waals surface area contributed by atoms with Crippen molar-refractivity contribution in [1.29, 1.82) is 0 Å². The highest BCUT2D eigenvalue weighted by atomic mass is 32.2. The molecular weight excluding hydrogens is 296 g/mol. The standard InChI is InChI=1S/C17H20N2O2S/c1-13(15-7-3-4-8-16(15)21-2)22-12-17(20)19-11-14-6-5-9-18-10-14/h3-10,13H,11-12H2,1-2H3,(H,19,20). The molecule has 4 nitrogen and oxygen atoms in total. The zero-order valence-electron chi connectivity index (χ0n) is 12.8. The van der Waals surface area contributed by atoms with E-state index in [4.69, 9.17) is 4.74 Å². The lowest BCUT2D eigenvalue weighted by Gasteiger charge is -2.15. The van der Waals surface area contributed by atoms with Crippen molar-refractivity contribution in [2.75, 3.05) is 12.9 Å². The van der Waals surface area contributed by atoms with Crippen LogP contribution < -0.4 is 10.1 Å². The molecule has 0 fully saturated rings. The molecule has 22 heavy (non-hydrogen) atoms. The van der Waals surface area contributed by atoms with Gasteiger partial charge in [-0.3, -0.25) is 9.78 Å². The molecule has 2 aromatic rings. The topological polar surface area (TPSA) is 51.2 Å². The average Bonchev–Trinajstić information content (AvgIpc) is 2.58. The first-order valence-corrected chi connectivity index (χ1v) is 8.15. The molecule has 1 aromatic heterocycles. The summed E-state index contributed by atoms with van der Waals surface area (Å²) in [5.41, 5.74) is 2.11. The summed E-state index contributed by atoms with van der Waals surface area (Å²) in [4.78, 5) is 15.9. The molecular formula is C17H20N2O2S. The summed E-state index contributed by atoms with van der Waals surface area (Å²) in [6.07, 6.45) is 3.47. The molecule has 1 atom stereocenters. The Kier molecular flexibility index (Phi) is 6.27. The Morgan fingerprint density at radius 1 is 1.32 bits per heavy atom. The van der Waals surface area contributed by atoms with Gasteiger partial charge in [0.1, 0.15) is 5.75 Å². The molecule has 1 heterocycles. The third-order valence-corrected chi connectivity index (χ3v) is 4.44. The summed E-state index contributed by atoms with van der Waals surface area (Å²) in [6.45, 7) is 2.59. The molecule has 0 radical (unpaired) electrons. The Balaban J connectivity index is 1.80. The first kappa shape index (κ1) is 16.4. The van der Waals surface area contributed by atoms with Crippen molar-refractivity contribution >= 4 is 17.7 Å². The van der Waals surface area contributed by atoms with Gasteiger partial charge in [0, 0.05) is 29.8 Å². The van der Waals surface area contributed by atoms with Crippen molar-refractivity contribution in [3.8, 4) is 5.75 Å². The molecule has 5 heteroatoms. The van der Waals surface area contributed by atoms with Crippen LogP contribution in [0.2, 0.25) is 0 Å². The maximum absolute atomic E-state index is 11.9. The average molecular weight is 316 g/mol. The fourth-order valence-corrected chi connectivity index (χ4v) is 2.92. The molecule has 0 saturated carbocycles. The minimum atomic E-state index is 0.0237. The quantitative estimate of drug-likeness (QED) is 0.852. The number of aromatic nitrogens is 1. The number of rotatable bonds is 7. The second kappa shape index (κ2) is 8.44. The van der Waals surface area contributed by atoms with Gasteiger partial charge in [-0.25, -0.2) is 0 Å². The molecule has 0 aliphatic carbocycles. The molecule has 0 spiro atoms. The number of hydrogen-bond donors (Lipinski definition) is 1. The van der Waals surface area contributed by atoms with E-state index in [1.54, 1.807) is 31.3 Å². The van der Waals surface area contributed by atoms with Crippen molar-refractivity contribution in [2.24, 2.45) is 0 Å². The van der Waals surface area contributed by atoms with E-state index in [2.05, 4.69) is 17.2 Å². The van der Waals surface area contributed by atoms with Gasteiger partial charge in [-0.05, 0) is 24.6 Å². The molecule has 1 N–H and O–H groups in total. The zero-order valence-corrected chi connectivity index (χ0v) is 13.6.